The zero-order valence-electron chi connectivity index (χ0n) is 12.3. The van der Waals surface area contributed by atoms with E-state index in [2.05, 4.69) is 0 Å². The average Bonchev–Trinajstić information content (AvgIpc) is 3.10. The van der Waals surface area contributed by atoms with Crippen LogP contribution in [0.25, 0.3) is 11.0 Å². The number of aromatic nitrogens is 2. The number of fused-ring (bicyclic) bond motifs is 2. The molecule has 0 aliphatic carbocycles. The Hall–Kier alpha value is -2.69. The van der Waals surface area contributed by atoms with Crippen molar-refractivity contribution in [2.45, 2.75) is 20.0 Å². The van der Waals surface area contributed by atoms with Crippen LogP contribution in [0.5, 0.6) is 11.5 Å². The van der Waals surface area contributed by atoms with Gasteiger partial charge in [-0.2, -0.15) is 0 Å². The lowest BCUT2D eigenvalue weighted by Crippen LogP contribution is -2.24. The standard InChI is InChI=1S/C17H16N2O3/c1-2-18-13-5-3-4-6-14(13)19(17(18)20)10-12-7-8-15-16(9-12)22-11-21-15/h3-9H,2,10-11H2,1H3. The number of ether oxygens (including phenoxy) is 2. The summed E-state index contributed by atoms with van der Waals surface area (Å²) in [5.41, 5.74) is 2.95. The molecule has 0 amide bonds. The van der Waals surface area contributed by atoms with E-state index in [0.717, 1.165) is 28.1 Å². The maximum Gasteiger partial charge on any atom is 0.329 e. The van der Waals surface area contributed by atoms with E-state index in [1.54, 1.807) is 9.13 Å². The van der Waals surface area contributed by atoms with E-state index in [4.69, 9.17) is 9.47 Å². The highest BCUT2D eigenvalue weighted by molar-refractivity contribution is 5.76. The third kappa shape index (κ3) is 1.89. The lowest BCUT2D eigenvalue weighted by Gasteiger charge is -2.05. The maximum atomic E-state index is 12.6. The van der Waals surface area contributed by atoms with Gasteiger partial charge in [0.05, 0.1) is 17.6 Å². The number of para-hydroxylation sites is 2. The summed E-state index contributed by atoms with van der Waals surface area (Å²) in [7, 11) is 0. The first-order valence-electron chi connectivity index (χ1n) is 7.34. The Kier molecular flexibility index (Phi) is 2.92. The van der Waals surface area contributed by atoms with Gasteiger partial charge in [0.1, 0.15) is 0 Å². The predicted octanol–water partition coefficient (Wildman–Crippen LogP) is 2.60. The van der Waals surface area contributed by atoms with Crippen LogP contribution in [-0.2, 0) is 13.1 Å². The minimum absolute atomic E-state index is 0.0152. The van der Waals surface area contributed by atoms with Crippen LogP contribution < -0.4 is 15.2 Å². The topological polar surface area (TPSA) is 45.4 Å². The Balaban J connectivity index is 1.82. The van der Waals surface area contributed by atoms with Crippen LogP contribution in [0.3, 0.4) is 0 Å². The van der Waals surface area contributed by atoms with Gasteiger partial charge in [0.25, 0.3) is 0 Å². The molecule has 2 heterocycles. The highest BCUT2D eigenvalue weighted by Crippen LogP contribution is 2.32. The molecule has 2 aromatic carbocycles. The largest absolute Gasteiger partial charge is 0.454 e. The predicted molar refractivity (Wildman–Crippen MR) is 83.5 cm³/mol. The Morgan fingerprint density at radius 2 is 1.73 bits per heavy atom. The molecule has 5 nitrogen and oxygen atoms in total. The van der Waals surface area contributed by atoms with Gasteiger partial charge in [-0.05, 0) is 36.8 Å². The SMILES string of the molecule is CCn1c(=O)n(Cc2ccc3c(c2)OCO3)c2ccccc21. The molecule has 0 N–H and O–H groups in total. The summed E-state index contributed by atoms with van der Waals surface area (Å²) in [5.74, 6) is 1.50. The van der Waals surface area contributed by atoms with Crippen molar-refractivity contribution in [2.75, 3.05) is 6.79 Å². The molecular formula is C17H16N2O3. The number of imidazole rings is 1. The lowest BCUT2D eigenvalue weighted by atomic mass is 10.2. The Bertz CT molecular complexity index is 908. The van der Waals surface area contributed by atoms with Gasteiger partial charge in [-0.15, -0.1) is 0 Å². The van der Waals surface area contributed by atoms with Crippen molar-refractivity contribution in [3.05, 3.63) is 58.5 Å². The third-order valence-electron chi connectivity index (χ3n) is 4.02. The number of hydrogen-bond donors (Lipinski definition) is 0. The summed E-state index contributed by atoms with van der Waals surface area (Å²) in [6.45, 7) is 3.42. The molecule has 1 aliphatic rings. The number of aryl methyl sites for hydroxylation is 1. The molecule has 112 valence electrons. The van der Waals surface area contributed by atoms with Crippen molar-refractivity contribution in [1.82, 2.24) is 9.13 Å². The van der Waals surface area contributed by atoms with E-state index in [1.165, 1.54) is 0 Å². The molecule has 1 aliphatic heterocycles. The van der Waals surface area contributed by atoms with Gasteiger partial charge in [0.2, 0.25) is 6.79 Å². The molecule has 5 heteroatoms. The summed E-state index contributed by atoms with van der Waals surface area (Å²) in [6.07, 6.45) is 0. The third-order valence-corrected chi connectivity index (χ3v) is 4.02. The van der Waals surface area contributed by atoms with Gasteiger partial charge < -0.3 is 9.47 Å². The molecule has 4 rings (SSSR count). The number of rotatable bonds is 3. The number of hydrogen-bond acceptors (Lipinski definition) is 3. The quantitative estimate of drug-likeness (QED) is 0.746. The molecule has 0 atom stereocenters. The van der Waals surface area contributed by atoms with Gasteiger partial charge >= 0.3 is 5.69 Å². The van der Waals surface area contributed by atoms with Crippen molar-refractivity contribution < 1.29 is 9.47 Å². The molecule has 0 unspecified atom stereocenters. The molecule has 0 saturated heterocycles. The number of benzene rings is 2. The molecule has 0 fully saturated rings. The average molecular weight is 296 g/mol. The van der Waals surface area contributed by atoms with E-state index < -0.39 is 0 Å². The normalized spacial score (nSPS) is 13.0. The van der Waals surface area contributed by atoms with Crippen LogP contribution in [-0.4, -0.2) is 15.9 Å². The molecule has 0 spiro atoms. The molecule has 0 radical (unpaired) electrons. The molecule has 22 heavy (non-hydrogen) atoms. The zero-order chi connectivity index (χ0) is 15.1. The van der Waals surface area contributed by atoms with Crippen LogP contribution in [0.15, 0.2) is 47.3 Å². The van der Waals surface area contributed by atoms with E-state index in [9.17, 15) is 4.79 Å². The zero-order valence-corrected chi connectivity index (χ0v) is 12.3. The van der Waals surface area contributed by atoms with E-state index >= 15 is 0 Å². The highest BCUT2D eigenvalue weighted by Gasteiger charge is 2.15. The van der Waals surface area contributed by atoms with Gasteiger partial charge in [0.15, 0.2) is 11.5 Å². The Labute approximate surface area is 127 Å². The van der Waals surface area contributed by atoms with Crippen LogP contribution in [0.2, 0.25) is 0 Å². The van der Waals surface area contributed by atoms with E-state index in [1.807, 2.05) is 49.4 Å². The second-order valence-electron chi connectivity index (χ2n) is 5.29. The fraction of sp³-hybridized carbons (Fsp3) is 0.235. The smallest absolute Gasteiger partial charge is 0.329 e. The van der Waals surface area contributed by atoms with Crippen molar-refractivity contribution in [3.63, 3.8) is 0 Å². The molecular weight excluding hydrogens is 280 g/mol. The summed E-state index contributed by atoms with van der Waals surface area (Å²) in [5, 5.41) is 0. The second-order valence-corrected chi connectivity index (χ2v) is 5.29. The Morgan fingerprint density at radius 1 is 1.00 bits per heavy atom. The maximum absolute atomic E-state index is 12.6. The second kappa shape index (κ2) is 4.94. The van der Waals surface area contributed by atoms with Crippen LogP contribution in [0, 0.1) is 0 Å². The van der Waals surface area contributed by atoms with E-state index in [0.29, 0.717) is 13.1 Å². The van der Waals surface area contributed by atoms with Crippen molar-refractivity contribution >= 4 is 11.0 Å². The summed E-state index contributed by atoms with van der Waals surface area (Å²) in [4.78, 5) is 12.6. The van der Waals surface area contributed by atoms with Gasteiger partial charge in [-0.1, -0.05) is 18.2 Å². The van der Waals surface area contributed by atoms with Crippen molar-refractivity contribution in [1.29, 1.82) is 0 Å². The summed E-state index contributed by atoms with van der Waals surface area (Å²) < 4.78 is 14.3. The molecule has 3 aromatic rings. The van der Waals surface area contributed by atoms with Gasteiger partial charge in [-0.25, -0.2) is 4.79 Å². The minimum atomic E-state index is 0.0152. The lowest BCUT2D eigenvalue weighted by molar-refractivity contribution is 0.174. The van der Waals surface area contributed by atoms with Gasteiger partial charge in [0, 0.05) is 6.54 Å². The summed E-state index contributed by atoms with van der Waals surface area (Å²) in [6, 6.07) is 13.7. The first kappa shape index (κ1) is 13.0. The molecule has 0 saturated carbocycles. The van der Waals surface area contributed by atoms with Crippen LogP contribution in [0.1, 0.15) is 12.5 Å². The highest BCUT2D eigenvalue weighted by atomic mass is 16.7. The van der Waals surface area contributed by atoms with Crippen LogP contribution in [0.4, 0.5) is 0 Å². The molecule has 1 aromatic heterocycles. The van der Waals surface area contributed by atoms with Crippen molar-refractivity contribution in [3.8, 4) is 11.5 Å². The number of nitrogens with zero attached hydrogens (tertiary/aromatic N) is 2. The van der Waals surface area contributed by atoms with Gasteiger partial charge in [-0.3, -0.25) is 9.13 Å². The fourth-order valence-corrected chi connectivity index (χ4v) is 2.95. The first-order chi connectivity index (χ1) is 10.8. The first-order valence-corrected chi connectivity index (χ1v) is 7.34. The fourth-order valence-electron chi connectivity index (χ4n) is 2.95. The van der Waals surface area contributed by atoms with E-state index in [-0.39, 0.29) is 12.5 Å². The summed E-state index contributed by atoms with van der Waals surface area (Å²) >= 11 is 0. The van der Waals surface area contributed by atoms with Crippen molar-refractivity contribution in [2.24, 2.45) is 0 Å². The Morgan fingerprint density at radius 3 is 2.50 bits per heavy atom. The minimum Gasteiger partial charge on any atom is -0.454 e. The monoisotopic (exact) mass is 296 g/mol. The molecule has 0 bridgehead atoms. The van der Waals surface area contributed by atoms with Crippen LogP contribution >= 0.6 is 0 Å².